The highest BCUT2D eigenvalue weighted by Crippen LogP contribution is 2.43. The van der Waals surface area contributed by atoms with Gasteiger partial charge in [-0.05, 0) is 31.6 Å². The standard InChI is InChI=1S/C17H25NO5/c1-3-13-12(16(20)21)10-14(23-13)15(19)18-11-17(6-5-7-17)8-9-22-4-2/h10H,3-9,11H2,1-2H3,(H,18,19)(H,20,21). The number of amides is 1. The van der Waals surface area contributed by atoms with Gasteiger partial charge in [0, 0.05) is 32.2 Å². The first-order valence-corrected chi connectivity index (χ1v) is 8.23. The van der Waals surface area contributed by atoms with Gasteiger partial charge in [0.05, 0.1) is 0 Å². The highest BCUT2D eigenvalue weighted by molar-refractivity contribution is 5.96. The fourth-order valence-corrected chi connectivity index (χ4v) is 2.96. The third-order valence-corrected chi connectivity index (χ3v) is 4.60. The maximum absolute atomic E-state index is 12.2. The Kier molecular flexibility index (Phi) is 5.82. The number of hydrogen-bond acceptors (Lipinski definition) is 4. The molecule has 6 nitrogen and oxygen atoms in total. The first-order valence-electron chi connectivity index (χ1n) is 8.23. The molecule has 1 aromatic heterocycles. The van der Waals surface area contributed by atoms with Crippen molar-refractivity contribution in [2.24, 2.45) is 5.41 Å². The third kappa shape index (κ3) is 4.13. The molecule has 0 unspecified atom stereocenters. The van der Waals surface area contributed by atoms with Crippen molar-refractivity contribution in [2.45, 2.75) is 46.0 Å². The second-order valence-electron chi connectivity index (χ2n) is 6.09. The van der Waals surface area contributed by atoms with E-state index in [9.17, 15) is 9.59 Å². The van der Waals surface area contributed by atoms with Crippen LogP contribution in [0.1, 0.15) is 66.2 Å². The van der Waals surface area contributed by atoms with Crippen LogP contribution in [-0.4, -0.2) is 36.7 Å². The predicted octanol–water partition coefficient (Wildman–Crippen LogP) is 2.87. The number of aryl methyl sites for hydroxylation is 1. The Labute approximate surface area is 136 Å². The molecule has 1 fully saturated rings. The third-order valence-electron chi connectivity index (χ3n) is 4.60. The number of rotatable bonds is 9. The molecule has 0 spiro atoms. The van der Waals surface area contributed by atoms with Gasteiger partial charge < -0.3 is 19.6 Å². The van der Waals surface area contributed by atoms with E-state index in [4.69, 9.17) is 14.3 Å². The van der Waals surface area contributed by atoms with Gasteiger partial charge >= 0.3 is 5.97 Å². The van der Waals surface area contributed by atoms with Crippen molar-refractivity contribution in [1.29, 1.82) is 0 Å². The highest BCUT2D eigenvalue weighted by Gasteiger charge is 2.37. The number of nitrogens with one attached hydrogen (secondary N) is 1. The molecule has 1 aliphatic carbocycles. The molecular weight excluding hydrogens is 298 g/mol. The summed E-state index contributed by atoms with van der Waals surface area (Å²) in [5.41, 5.74) is 0.174. The smallest absolute Gasteiger partial charge is 0.339 e. The fourth-order valence-electron chi connectivity index (χ4n) is 2.96. The van der Waals surface area contributed by atoms with E-state index < -0.39 is 5.97 Å². The lowest BCUT2D eigenvalue weighted by Gasteiger charge is -2.42. The fraction of sp³-hybridized carbons (Fsp3) is 0.647. The van der Waals surface area contributed by atoms with E-state index >= 15 is 0 Å². The molecule has 6 heteroatoms. The van der Waals surface area contributed by atoms with Gasteiger partial charge in [0.25, 0.3) is 5.91 Å². The molecule has 128 valence electrons. The number of furan rings is 1. The molecule has 0 atom stereocenters. The SMILES string of the molecule is CCOCCC1(CNC(=O)c2cc(C(=O)O)c(CC)o2)CCC1. The summed E-state index contributed by atoms with van der Waals surface area (Å²) in [6.07, 6.45) is 4.71. The van der Waals surface area contributed by atoms with E-state index in [0.717, 1.165) is 19.3 Å². The van der Waals surface area contributed by atoms with Gasteiger partial charge in [-0.15, -0.1) is 0 Å². The van der Waals surface area contributed by atoms with Crippen LogP contribution in [0.25, 0.3) is 0 Å². The van der Waals surface area contributed by atoms with Crippen LogP contribution >= 0.6 is 0 Å². The molecule has 1 heterocycles. The van der Waals surface area contributed by atoms with E-state index in [1.807, 2.05) is 6.92 Å². The van der Waals surface area contributed by atoms with Gasteiger partial charge in [-0.25, -0.2) is 4.79 Å². The van der Waals surface area contributed by atoms with Crippen LogP contribution in [0.15, 0.2) is 10.5 Å². The van der Waals surface area contributed by atoms with E-state index in [1.54, 1.807) is 6.92 Å². The molecule has 1 aliphatic rings. The summed E-state index contributed by atoms with van der Waals surface area (Å²) in [5, 5.41) is 12.0. The summed E-state index contributed by atoms with van der Waals surface area (Å²) in [4.78, 5) is 23.4. The van der Waals surface area contributed by atoms with Crippen molar-refractivity contribution in [3.63, 3.8) is 0 Å². The number of carboxylic acid groups (broad SMARTS) is 1. The lowest BCUT2D eigenvalue weighted by Crippen LogP contribution is -2.42. The summed E-state index contributed by atoms with van der Waals surface area (Å²) in [6, 6.07) is 1.31. The average molecular weight is 323 g/mol. The molecule has 0 aliphatic heterocycles. The molecule has 0 aromatic carbocycles. The minimum atomic E-state index is -1.07. The Bertz CT molecular complexity index is 559. The second kappa shape index (κ2) is 7.64. The minimum Gasteiger partial charge on any atom is -0.478 e. The van der Waals surface area contributed by atoms with Gasteiger partial charge in [-0.3, -0.25) is 4.79 Å². The van der Waals surface area contributed by atoms with Gasteiger partial charge in [-0.2, -0.15) is 0 Å². The largest absolute Gasteiger partial charge is 0.478 e. The molecule has 0 bridgehead atoms. The van der Waals surface area contributed by atoms with E-state index in [2.05, 4.69) is 5.32 Å². The van der Waals surface area contributed by atoms with Gasteiger partial charge in [0.1, 0.15) is 11.3 Å². The Morgan fingerprint density at radius 2 is 2.13 bits per heavy atom. The van der Waals surface area contributed by atoms with E-state index in [1.165, 1.54) is 12.5 Å². The molecule has 1 saturated carbocycles. The van der Waals surface area contributed by atoms with Crippen molar-refractivity contribution < 1.29 is 23.8 Å². The summed E-state index contributed by atoms with van der Waals surface area (Å²) in [5.74, 6) is -1.03. The molecule has 1 aromatic rings. The zero-order valence-corrected chi connectivity index (χ0v) is 13.8. The summed E-state index contributed by atoms with van der Waals surface area (Å²) < 4.78 is 10.8. The number of carboxylic acids is 1. The highest BCUT2D eigenvalue weighted by atomic mass is 16.5. The topological polar surface area (TPSA) is 88.8 Å². The van der Waals surface area contributed by atoms with E-state index in [0.29, 0.717) is 31.9 Å². The van der Waals surface area contributed by atoms with Crippen LogP contribution in [0.3, 0.4) is 0 Å². The first-order chi connectivity index (χ1) is 11.0. The summed E-state index contributed by atoms with van der Waals surface area (Å²) in [7, 11) is 0. The normalized spacial score (nSPS) is 15.9. The molecule has 2 rings (SSSR count). The maximum atomic E-state index is 12.2. The molecular formula is C17H25NO5. The number of carbonyl (C=O) groups is 2. The number of ether oxygens (including phenoxy) is 1. The minimum absolute atomic E-state index is 0.0624. The predicted molar refractivity (Wildman–Crippen MR) is 84.8 cm³/mol. The zero-order chi connectivity index (χ0) is 16.9. The Balaban J connectivity index is 1.95. The van der Waals surface area contributed by atoms with Crippen molar-refractivity contribution in [3.8, 4) is 0 Å². The van der Waals surface area contributed by atoms with Crippen molar-refractivity contribution in [3.05, 3.63) is 23.2 Å². The van der Waals surface area contributed by atoms with Gasteiger partial charge in [-0.1, -0.05) is 13.3 Å². The zero-order valence-electron chi connectivity index (χ0n) is 13.8. The van der Waals surface area contributed by atoms with Crippen molar-refractivity contribution in [1.82, 2.24) is 5.32 Å². The maximum Gasteiger partial charge on any atom is 0.339 e. The van der Waals surface area contributed by atoms with Crippen LogP contribution in [0.4, 0.5) is 0 Å². The average Bonchev–Trinajstić information content (AvgIpc) is 2.93. The lowest BCUT2D eigenvalue weighted by molar-refractivity contribution is 0.0507. The quantitative estimate of drug-likeness (QED) is 0.682. The number of aromatic carboxylic acids is 1. The number of hydrogen-bond donors (Lipinski definition) is 2. The van der Waals surface area contributed by atoms with Crippen LogP contribution in [0, 0.1) is 5.41 Å². The molecule has 0 radical (unpaired) electrons. The van der Waals surface area contributed by atoms with Gasteiger partial charge in [0.15, 0.2) is 5.76 Å². The lowest BCUT2D eigenvalue weighted by atomic mass is 9.67. The van der Waals surface area contributed by atoms with Crippen molar-refractivity contribution in [2.75, 3.05) is 19.8 Å². The summed E-state index contributed by atoms with van der Waals surface area (Å²) >= 11 is 0. The van der Waals surface area contributed by atoms with Crippen LogP contribution in [0.5, 0.6) is 0 Å². The first kappa shape index (κ1) is 17.5. The van der Waals surface area contributed by atoms with Crippen LogP contribution < -0.4 is 5.32 Å². The molecule has 23 heavy (non-hydrogen) atoms. The van der Waals surface area contributed by atoms with Crippen molar-refractivity contribution >= 4 is 11.9 Å². The molecule has 1 amide bonds. The van der Waals surface area contributed by atoms with E-state index in [-0.39, 0.29) is 22.6 Å². The Morgan fingerprint density at radius 1 is 1.39 bits per heavy atom. The summed E-state index contributed by atoms with van der Waals surface area (Å²) in [6.45, 7) is 5.74. The molecule has 0 saturated heterocycles. The van der Waals surface area contributed by atoms with Crippen LogP contribution in [-0.2, 0) is 11.2 Å². The Morgan fingerprint density at radius 3 is 2.61 bits per heavy atom. The monoisotopic (exact) mass is 323 g/mol. The van der Waals surface area contributed by atoms with Crippen LogP contribution in [0.2, 0.25) is 0 Å². The molecule has 2 N–H and O–H groups in total. The number of carbonyl (C=O) groups excluding carboxylic acids is 1. The Hall–Kier alpha value is -1.82. The van der Waals surface area contributed by atoms with Gasteiger partial charge in [0.2, 0.25) is 0 Å². The second-order valence-corrected chi connectivity index (χ2v) is 6.09.